The second kappa shape index (κ2) is 10.0. The van der Waals surface area contributed by atoms with Crippen LogP contribution in [0.15, 0.2) is 60.7 Å². The second-order valence-electron chi connectivity index (χ2n) is 8.15. The van der Waals surface area contributed by atoms with Gasteiger partial charge in [-0.2, -0.15) is 0 Å². The van der Waals surface area contributed by atoms with E-state index < -0.39 is 6.09 Å². The Labute approximate surface area is 188 Å². The van der Waals surface area contributed by atoms with Crippen LogP contribution in [0.25, 0.3) is 10.8 Å². The lowest BCUT2D eigenvalue weighted by molar-refractivity contribution is -0.268. The van der Waals surface area contributed by atoms with Crippen LogP contribution >= 0.6 is 0 Å². The molecule has 4 rings (SSSR count). The average Bonchev–Trinajstić information content (AvgIpc) is 2.83. The fourth-order valence-corrected chi connectivity index (χ4v) is 4.53. The molecule has 2 atom stereocenters. The Bertz CT molecular complexity index is 1070. The van der Waals surface area contributed by atoms with Crippen molar-refractivity contribution in [1.29, 1.82) is 0 Å². The second-order valence-corrected chi connectivity index (χ2v) is 8.15. The van der Waals surface area contributed by atoms with E-state index in [-0.39, 0.29) is 25.2 Å². The van der Waals surface area contributed by atoms with Crippen LogP contribution in [-0.2, 0) is 17.8 Å². The minimum atomic E-state index is -1.17. The zero-order valence-electron chi connectivity index (χ0n) is 18.2. The normalized spacial score (nSPS) is 18.6. The maximum Gasteiger partial charge on any atom is 0.137 e. The predicted molar refractivity (Wildman–Crippen MR) is 121 cm³/mol. The first-order valence-electron chi connectivity index (χ1n) is 10.9. The first-order chi connectivity index (χ1) is 15.6. The molecule has 1 fully saturated rings. The van der Waals surface area contributed by atoms with E-state index in [0.717, 1.165) is 33.2 Å². The van der Waals surface area contributed by atoms with Gasteiger partial charge >= 0.3 is 0 Å². The van der Waals surface area contributed by atoms with Crippen molar-refractivity contribution in [2.75, 3.05) is 26.8 Å². The third kappa shape index (κ3) is 4.71. The zero-order chi connectivity index (χ0) is 22.5. The van der Waals surface area contributed by atoms with Crippen LogP contribution in [0, 0.1) is 0 Å². The minimum absolute atomic E-state index is 0.0697. The van der Waals surface area contributed by atoms with Crippen LogP contribution in [0.5, 0.6) is 5.75 Å². The molecule has 6 nitrogen and oxygen atoms in total. The Hall–Kier alpha value is -3.09. The summed E-state index contributed by atoms with van der Waals surface area (Å²) in [5.74, 6) is 0.848. The topological polar surface area (TPSA) is 82.1 Å². The highest BCUT2D eigenvalue weighted by Gasteiger charge is 2.31. The van der Waals surface area contributed by atoms with Crippen molar-refractivity contribution in [3.8, 4) is 5.75 Å². The summed E-state index contributed by atoms with van der Waals surface area (Å²) in [7, 11) is 1.65. The molecule has 32 heavy (non-hydrogen) atoms. The number of hydrogen-bond acceptors (Lipinski definition) is 5. The Morgan fingerprint density at radius 1 is 1.12 bits per heavy atom. The van der Waals surface area contributed by atoms with Crippen LogP contribution in [0.2, 0.25) is 0 Å². The number of ether oxygens (including phenoxy) is 2. The number of amides is 1. The van der Waals surface area contributed by atoms with Crippen molar-refractivity contribution in [2.45, 2.75) is 31.5 Å². The summed E-state index contributed by atoms with van der Waals surface area (Å²) in [4.78, 5) is 12.8. The standard InChI is InChI=1S/C26H29NO5/c1-31-25-21(11-10-19-4-2-3-5-23(19)25)17-32-24-16-27(26(29)30)14-12-22(24)20-8-6-18(7-9-20)13-15-28/h2-11,22,24,28H,12-17H2,1H3,(H,29,30)/p-1. The number of benzene rings is 3. The lowest BCUT2D eigenvalue weighted by Gasteiger charge is -2.40. The number of nitrogens with zero attached hydrogens (tertiary/aromatic N) is 1. The van der Waals surface area contributed by atoms with Gasteiger partial charge in [-0.1, -0.05) is 60.7 Å². The Balaban J connectivity index is 1.56. The van der Waals surface area contributed by atoms with Crippen LogP contribution < -0.4 is 9.84 Å². The molecule has 1 amide bonds. The summed E-state index contributed by atoms with van der Waals surface area (Å²) < 4.78 is 12.0. The zero-order valence-corrected chi connectivity index (χ0v) is 18.2. The number of aliphatic hydroxyl groups is 1. The molecule has 0 radical (unpaired) electrons. The number of rotatable bonds is 7. The van der Waals surface area contributed by atoms with Gasteiger partial charge in [0.2, 0.25) is 0 Å². The largest absolute Gasteiger partial charge is 0.530 e. The summed E-state index contributed by atoms with van der Waals surface area (Å²) in [6.45, 7) is 1.12. The van der Waals surface area contributed by atoms with E-state index in [1.165, 1.54) is 4.90 Å². The van der Waals surface area contributed by atoms with Gasteiger partial charge in [0.1, 0.15) is 11.8 Å². The molecule has 0 bridgehead atoms. The summed E-state index contributed by atoms with van der Waals surface area (Å²) in [5.41, 5.74) is 3.11. The van der Waals surface area contributed by atoms with E-state index in [2.05, 4.69) is 12.1 Å². The van der Waals surface area contributed by atoms with Crippen LogP contribution in [0.1, 0.15) is 29.0 Å². The lowest BCUT2D eigenvalue weighted by atomic mass is 9.86. The van der Waals surface area contributed by atoms with E-state index in [9.17, 15) is 9.90 Å². The molecule has 0 aliphatic carbocycles. The number of hydrogen-bond donors (Lipinski definition) is 1. The molecule has 168 valence electrons. The average molecular weight is 435 g/mol. The summed E-state index contributed by atoms with van der Waals surface area (Å²) >= 11 is 0. The molecule has 0 spiro atoms. The predicted octanol–water partition coefficient (Wildman–Crippen LogP) is 3.10. The minimum Gasteiger partial charge on any atom is -0.530 e. The third-order valence-electron chi connectivity index (χ3n) is 6.24. The molecular weight excluding hydrogens is 406 g/mol. The van der Waals surface area contributed by atoms with Crippen LogP contribution in [-0.4, -0.2) is 49.0 Å². The van der Waals surface area contributed by atoms with Gasteiger partial charge in [0.25, 0.3) is 0 Å². The van der Waals surface area contributed by atoms with E-state index in [1.807, 2.05) is 48.5 Å². The fourth-order valence-electron chi connectivity index (χ4n) is 4.53. The molecule has 3 aromatic carbocycles. The fraction of sp³-hybridized carbons (Fsp3) is 0.346. The highest BCUT2D eigenvalue weighted by atomic mass is 16.5. The van der Waals surface area contributed by atoms with E-state index in [1.54, 1.807) is 7.11 Å². The molecule has 6 heteroatoms. The Morgan fingerprint density at radius 2 is 1.91 bits per heavy atom. The van der Waals surface area contributed by atoms with E-state index in [0.29, 0.717) is 26.0 Å². The molecule has 0 saturated carbocycles. The van der Waals surface area contributed by atoms with E-state index in [4.69, 9.17) is 14.6 Å². The SMILES string of the molecule is COc1c(COC2CN(C(=O)[O-])CCC2c2ccc(CCO)cc2)ccc2ccccc12. The molecule has 1 heterocycles. The van der Waals surface area contributed by atoms with Gasteiger partial charge in [-0.3, -0.25) is 0 Å². The number of aliphatic hydroxyl groups excluding tert-OH is 1. The smallest absolute Gasteiger partial charge is 0.137 e. The number of carbonyl (C=O) groups excluding carboxylic acids is 1. The third-order valence-corrected chi connectivity index (χ3v) is 6.24. The summed E-state index contributed by atoms with van der Waals surface area (Å²) in [6, 6.07) is 20.2. The van der Waals surface area contributed by atoms with Crippen LogP contribution in [0.4, 0.5) is 4.79 Å². The number of fused-ring (bicyclic) bond motifs is 1. The van der Waals surface area contributed by atoms with Gasteiger partial charge in [0, 0.05) is 36.6 Å². The molecule has 3 aromatic rings. The summed E-state index contributed by atoms with van der Waals surface area (Å²) in [6.07, 6.45) is -0.196. The molecule has 1 aliphatic heterocycles. The van der Waals surface area contributed by atoms with Gasteiger partial charge in [0.05, 0.1) is 19.8 Å². The quantitative estimate of drug-likeness (QED) is 0.618. The highest BCUT2D eigenvalue weighted by Crippen LogP contribution is 2.34. The Morgan fingerprint density at radius 3 is 2.62 bits per heavy atom. The van der Waals surface area contributed by atoms with Gasteiger partial charge in [-0.25, -0.2) is 0 Å². The number of carboxylic acid groups (broad SMARTS) is 1. The first-order valence-corrected chi connectivity index (χ1v) is 10.9. The highest BCUT2D eigenvalue weighted by molar-refractivity contribution is 5.89. The molecule has 2 unspecified atom stereocenters. The maximum atomic E-state index is 11.5. The number of piperidine rings is 1. The van der Waals surface area contributed by atoms with Gasteiger partial charge in [-0.15, -0.1) is 0 Å². The van der Waals surface area contributed by atoms with Gasteiger partial charge in [-0.05, 0) is 29.4 Å². The van der Waals surface area contributed by atoms with Gasteiger partial charge < -0.3 is 29.4 Å². The molecule has 1 aliphatic rings. The van der Waals surface area contributed by atoms with Crippen molar-refractivity contribution in [1.82, 2.24) is 4.90 Å². The summed E-state index contributed by atoms with van der Waals surface area (Å²) in [5, 5.41) is 22.8. The number of carbonyl (C=O) groups is 1. The van der Waals surface area contributed by atoms with Crippen molar-refractivity contribution in [3.63, 3.8) is 0 Å². The number of likely N-dealkylation sites (tertiary alicyclic amines) is 1. The van der Waals surface area contributed by atoms with E-state index >= 15 is 0 Å². The monoisotopic (exact) mass is 434 g/mol. The van der Waals surface area contributed by atoms with Gasteiger partial charge in [0.15, 0.2) is 0 Å². The lowest BCUT2D eigenvalue weighted by Crippen LogP contribution is -2.51. The van der Waals surface area contributed by atoms with Crippen LogP contribution in [0.3, 0.4) is 0 Å². The molecular formula is C26H28NO5-. The van der Waals surface area contributed by atoms with Crippen molar-refractivity contribution in [3.05, 3.63) is 77.4 Å². The van der Waals surface area contributed by atoms with Crippen molar-refractivity contribution in [2.24, 2.45) is 0 Å². The van der Waals surface area contributed by atoms with Crippen molar-refractivity contribution < 1.29 is 24.5 Å². The first kappa shape index (κ1) is 22.1. The molecule has 1 saturated heterocycles. The van der Waals surface area contributed by atoms with Crippen molar-refractivity contribution >= 4 is 16.9 Å². The molecule has 0 aromatic heterocycles. The number of methoxy groups -OCH3 is 1. The molecule has 1 N–H and O–H groups in total. The maximum absolute atomic E-state index is 11.5. The Kier molecular flexibility index (Phi) is 6.93.